The number of halogens is 1. The van der Waals surface area contributed by atoms with Gasteiger partial charge in [-0.2, -0.15) is 5.10 Å². The minimum absolute atomic E-state index is 0.0816. The van der Waals surface area contributed by atoms with Gasteiger partial charge in [-0.25, -0.2) is 13.8 Å². The van der Waals surface area contributed by atoms with E-state index in [-0.39, 0.29) is 4.90 Å². The van der Waals surface area contributed by atoms with Crippen LogP contribution in [0.4, 0.5) is 5.69 Å². The standard InChI is InChI=1S/C23H22BrN3O4S/c1-17(18-8-10-19(24)11-9-18)25-26-23(28)16-27(20-12-14-21(31-2)15-13-20)32(29,30)22-6-4-3-5-7-22/h3-15H,16H2,1-2H3,(H,26,28)/b25-17-. The zero-order valence-electron chi connectivity index (χ0n) is 17.5. The van der Waals surface area contributed by atoms with E-state index in [1.54, 1.807) is 49.4 Å². The van der Waals surface area contributed by atoms with Crippen LogP contribution in [0.2, 0.25) is 0 Å². The van der Waals surface area contributed by atoms with Gasteiger partial charge < -0.3 is 4.74 Å². The lowest BCUT2D eigenvalue weighted by Gasteiger charge is -2.24. The molecule has 3 aromatic carbocycles. The molecule has 0 atom stereocenters. The second-order valence-electron chi connectivity index (χ2n) is 6.76. The van der Waals surface area contributed by atoms with Crippen LogP contribution < -0.4 is 14.5 Å². The van der Waals surface area contributed by atoms with Crippen molar-refractivity contribution in [2.45, 2.75) is 11.8 Å². The molecule has 3 aromatic rings. The number of ether oxygens (including phenoxy) is 1. The Kier molecular flexibility index (Phi) is 7.66. The third-order valence-electron chi connectivity index (χ3n) is 4.59. The van der Waals surface area contributed by atoms with E-state index in [9.17, 15) is 13.2 Å². The number of hydrazone groups is 1. The first-order chi connectivity index (χ1) is 15.3. The summed E-state index contributed by atoms with van der Waals surface area (Å²) in [4.78, 5) is 12.7. The van der Waals surface area contributed by atoms with Crippen molar-refractivity contribution in [2.24, 2.45) is 5.10 Å². The summed E-state index contributed by atoms with van der Waals surface area (Å²) in [6.45, 7) is 1.31. The Hall–Kier alpha value is -3.17. The van der Waals surface area contributed by atoms with Crippen molar-refractivity contribution in [3.8, 4) is 5.75 Å². The maximum Gasteiger partial charge on any atom is 0.264 e. The molecule has 0 unspecified atom stereocenters. The Morgan fingerprint density at radius 1 is 1.00 bits per heavy atom. The van der Waals surface area contributed by atoms with E-state index in [0.717, 1.165) is 14.3 Å². The van der Waals surface area contributed by atoms with Crippen molar-refractivity contribution in [1.82, 2.24) is 5.43 Å². The average molecular weight is 516 g/mol. The molecule has 0 bridgehead atoms. The molecule has 0 heterocycles. The number of sulfonamides is 1. The van der Waals surface area contributed by atoms with Crippen LogP contribution in [0.5, 0.6) is 5.75 Å². The minimum Gasteiger partial charge on any atom is -0.497 e. The molecular formula is C23H22BrN3O4S. The summed E-state index contributed by atoms with van der Waals surface area (Å²) in [6.07, 6.45) is 0. The van der Waals surface area contributed by atoms with Crippen LogP contribution >= 0.6 is 15.9 Å². The van der Waals surface area contributed by atoms with Gasteiger partial charge in [0, 0.05) is 4.47 Å². The fourth-order valence-corrected chi connectivity index (χ4v) is 4.56. The molecule has 32 heavy (non-hydrogen) atoms. The molecule has 9 heteroatoms. The van der Waals surface area contributed by atoms with Crippen LogP contribution in [0, 0.1) is 0 Å². The Bertz CT molecular complexity index is 1200. The summed E-state index contributed by atoms with van der Waals surface area (Å²) in [7, 11) is -2.47. The second-order valence-corrected chi connectivity index (χ2v) is 9.54. The maximum absolute atomic E-state index is 13.3. The summed E-state index contributed by atoms with van der Waals surface area (Å²) in [5.41, 5.74) is 4.20. The average Bonchev–Trinajstić information content (AvgIpc) is 2.82. The molecule has 0 saturated heterocycles. The summed E-state index contributed by atoms with van der Waals surface area (Å²) < 4.78 is 33.7. The molecule has 3 rings (SSSR count). The van der Waals surface area contributed by atoms with Crippen LogP contribution in [0.25, 0.3) is 0 Å². The second kappa shape index (κ2) is 10.4. The van der Waals surface area contributed by atoms with Gasteiger partial charge in [-0.3, -0.25) is 9.10 Å². The lowest BCUT2D eigenvalue weighted by atomic mass is 10.1. The number of methoxy groups -OCH3 is 1. The molecule has 1 N–H and O–H groups in total. The number of hydrogen-bond acceptors (Lipinski definition) is 5. The number of amides is 1. The van der Waals surface area contributed by atoms with E-state index in [4.69, 9.17) is 4.74 Å². The first-order valence-corrected chi connectivity index (χ1v) is 11.9. The van der Waals surface area contributed by atoms with Gasteiger partial charge in [0.15, 0.2) is 0 Å². The Morgan fingerprint density at radius 2 is 1.62 bits per heavy atom. The number of carbonyl (C=O) groups is 1. The molecule has 166 valence electrons. The van der Waals surface area contributed by atoms with Gasteiger partial charge in [0.1, 0.15) is 12.3 Å². The van der Waals surface area contributed by atoms with E-state index in [1.807, 2.05) is 24.3 Å². The Labute approximate surface area is 195 Å². The molecule has 0 spiro atoms. The molecule has 0 saturated carbocycles. The summed E-state index contributed by atoms with van der Waals surface area (Å²) in [5.74, 6) is 0.00164. The van der Waals surface area contributed by atoms with Crippen molar-refractivity contribution in [2.75, 3.05) is 18.0 Å². The van der Waals surface area contributed by atoms with E-state index >= 15 is 0 Å². The maximum atomic E-state index is 13.3. The molecule has 0 aliphatic carbocycles. The highest BCUT2D eigenvalue weighted by atomic mass is 79.9. The molecule has 7 nitrogen and oxygen atoms in total. The van der Waals surface area contributed by atoms with Crippen molar-refractivity contribution in [3.63, 3.8) is 0 Å². The van der Waals surface area contributed by atoms with Gasteiger partial charge in [0.2, 0.25) is 0 Å². The minimum atomic E-state index is -3.99. The summed E-state index contributed by atoms with van der Waals surface area (Å²) in [6, 6.07) is 21.9. The summed E-state index contributed by atoms with van der Waals surface area (Å²) >= 11 is 3.37. The van der Waals surface area contributed by atoms with Crippen molar-refractivity contribution in [1.29, 1.82) is 0 Å². The number of anilines is 1. The number of nitrogens with one attached hydrogen (secondary N) is 1. The van der Waals surface area contributed by atoms with Crippen molar-refractivity contribution >= 4 is 43.3 Å². The largest absolute Gasteiger partial charge is 0.497 e. The zero-order chi connectivity index (χ0) is 23.1. The lowest BCUT2D eigenvalue weighted by Crippen LogP contribution is -2.39. The number of benzene rings is 3. The van der Waals surface area contributed by atoms with Crippen LogP contribution in [0.1, 0.15) is 12.5 Å². The van der Waals surface area contributed by atoms with Gasteiger partial charge in [-0.1, -0.05) is 46.3 Å². The quantitative estimate of drug-likeness (QED) is 0.359. The van der Waals surface area contributed by atoms with Crippen LogP contribution in [-0.2, 0) is 14.8 Å². The van der Waals surface area contributed by atoms with Crippen LogP contribution in [0.15, 0.2) is 93.3 Å². The third kappa shape index (κ3) is 5.74. The molecule has 1 amide bonds. The third-order valence-corrected chi connectivity index (χ3v) is 6.91. The van der Waals surface area contributed by atoms with Crippen LogP contribution in [0.3, 0.4) is 0 Å². The van der Waals surface area contributed by atoms with Crippen molar-refractivity contribution in [3.05, 3.63) is 88.9 Å². The normalized spacial score (nSPS) is 11.7. The smallest absolute Gasteiger partial charge is 0.264 e. The Balaban J connectivity index is 1.85. The first kappa shape index (κ1) is 23.5. The van der Waals surface area contributed by atoms with Gasteiger partial charge in [0.05, 0.1) is 23.4 Å². The molecule has 0 aromatic heterocycles. The van der Waals surface area contributed by atoms with Crippen LogP contribution in [-0.4, -0.2) is 33.7 Å². The zero-order valence-corrected chi connectivity index (χ0v) is 19.9. The van der Waals surface area contributed by atoms with E-state index in [0.29, 0.717) is 17.1 Å². The fourth-order valence-electron chi connectivity index (χ4n) is 2.85. The molecule has 0 aliphatic heterocycles. The van der Waals surface area contributed by atoms with E-state index < -0.39 is 22.5 Å². The lowest BCUT2D eigenvalue weighted by molar-refractivity contribution is -0.119. The highest BCUT2D eigenvalue weighted by Gasteiger charge is 2.27. The highest BCUT2D eigenvalue weighted by molar-refractivity contribution is 9.10. The predicted octanol–water partition coefficient (Wildman–Crippen LogP) is 4.19. The topological polar surface area (TPSA) is 88.1 Å². The number of carbonyl (C=O) groups excluding carboxylic acids is 1. The fraction of sp³-hybridized carbons (Fsp3) is 0.130. The van der Waals surface area contributed by atoms with Gasteiger partial charge in [0.25, 0.3) is 15.9 Å². The number of nitrogens with zero attached hydrogens (tertiary/aromatic N) is 2. The van der Waals surface area contributed by atoms with E-state index in [2.05, 4.69) is 26.5 Å². The molecule has 0 aliphatic rings. The highest BCUT2D eigenvalue weighted by Crippen LogP contribution is 2.25. The molecule has 0 radical (unpaired) electrons. The number of rotatable bonds is 8. The predicted molar refractivity (Wildman–Crippen MR) is 128 cm³/mol. The molecule has 0 fully saturated rings. The first-order valence-electron chi connectivity index (χ1n) is 9.62. The summed E-state index contributed by atoms with van der Waals surface area (Å²) in [5, 5.41) is 4.11. The van der Waals surface area contributed by atoms with Gasteiger partial charge >= 0.3 is 0 Å². The van der Waals surface area contributed by atoms with Gasteiger partial charge in [-0.15, -0.1) is 0 Å². The van der Waals surface area contributed by atoms with Crippen molar-refractivity contribution < 1.29 is 17.9 Å². The van der Waals surface area contributed by atoms with Gasteiger partial charge in [-0.05, 0) is 61.0 Å². The molecular weight excluding hydrogens is 494 g/mol. The number of hydrogen-bond donors (Lipinski definition) is 1. The SMILES string of the molecule is COc1ccc(N(CC(=O)N/N=C(/C)c2ccc(Br)cc2)S(=O)(=O)c2ccccc2)cc1. The Morgan fingerprint density at radius 3 is 2.22 bits per heavy atom. The van der Waals surface area contributed by atoms with E-state index in [1.165, 1.54) is 19.2 Å². The monoisotopic (exact) mass is 515 g/mol.